The van der Waals surface area contributed by atoms with Crippen LogP contribution in [0.4, 0.5) is 0 Å². The molecule has 2 aliphatic heterocycles. The smallest absolute Gasteiger partial charge is 0.335 e. The van der Waals surface area contributed by atoms with Crippen molar-refractivity contribution in [2.75, 3.05) is 46.8 Å². The number of carbonyl (C=O) groups is 1. The molecule has 2 fully saturated rings. The van der Waals surface area contributed by atoms with E-state index in [4.69, 9.17) is 5.11 Å². The molecule has 0 bridgehead atoms. The zero-order chi connectivity index (χ0) is 19.2. The summed E-state index contributed by atoms with van der Waals surface area (Å²) in [4.78, 5) is 18.6. The number of aromatic carboxylic acids is 1. The van der Waals surface area contributed by atoms with Crippen molar-refractivity contribution in [1.29, 1.82) is 0 Å². The van der Waals surface area contributed by atoms with E-state index in [1.54, 1.807) is 12.1 Å². The number of carboxylic acids is 1. The molecule has 3 rings (SSSR count). The maximum Gasteiger partial charge on any atom is 0.335 e. The molecule has 27 heavy (non-hydrogen) atoms. The molecule has 0 amide bonds. The van der Waals surface area contributed by atoms with Crippen LogP contribution in [0, 0.1) is 5.92 Å². The predicted octanol–water partition coefficient (Wildman–Crippen LogP) is 3.01. The first-order valence-corrected chi connectivity index (χ1v) is 10.4. The minimum atomic E-state index is -0.851. The zero-order valence-corrected chi connectivity index (χ0v) is 16.9. The monoisotopic (exact) mass is 373 g/mol. The third-order valence-electron chi connectivity index (χ3n) is 6.40. The lowest BCUT2D eigenvalue weighted by Crippen LogP contribution is -2.47. The fraction of sp³-hybridized carbons (Fsp3) is 0.682. The number of piperidine rings is 2. The number of carboxylic acid groups (broad SMARTS) is 1. The second kappa shape index (κ2) is 9.67. The Morgan fingerprint density at radius 3 is 2.52 bits per heavy atom. The quantitative estimate of drug-likeness (QED) is 0.796. The van der Waals surface area contributed by atoms with E-state index in [0.29, 0.717) is 5.56 Å². The van der Waals surface area contributed by atoms with Gasteiger partial charge in [0.2, 0.25) is 0 Å². The van der Waals surface area contributed by atoms with Crippen LogP contribution in [-0.2, 0) is 6.54 Å². The molecule has 1 N–H and O–H groups in total. The molecule has 1 aromatic rings. The summed E-state index contributed by atoms with van der Waals surface area (Å²) in [6, 6.07) is 8.11. The van der Waals surface area contributed by atoms with E-state index in [9.17, 15) is 4.79 Å². The van der Waals surface area contributed by atoms with Crippen molar-refractivity contribution in [3.63, 3.8) is 0 Å². The average Bonchev–Trinajstić information content (AvgIpc) is 2.68. The van der Waals surface area contributed by atoms with E-state index in [2.05, 4.69) is 28.8 Å². The van der Waals surface area contributed by atoms with Gasteiger partial charge >= 0.3 is 5.97 Å². The summed E-state index contributed by atoms with van der Waals surface area (Å²) in [6.45, 7) is 6.93. The Balaban J connectivity index is 1.37. The van der Waals surface area contributed by atoms with Crippen LogP contribution in [0.15, 0.2) is 24.3 Å². The maximum absolute atomic E-state index is 11.1. The molecule has 5 heteroatoms. The number of likely N-dealkylation sites (tertiary alicyclic amines) is 2. The summed E-state index contributed by atoms with van der Waals surface area (Å²) in [6.07, 6.45) is 6.57. The van der Waals surface area contributed by atoms with Crippen LogP contribution in [0.3, 0.4) is 0 Å². The molecule has 0 unspecified atom stereocenters. The van der Waals surface area contributed by atoms with E-state index in [1.165, 1.54) is 58.3 Å². The van der Waals surface area contributed by atoms with Gasteiger partial charge in [0, 0.05) is 12.6 Å². The molecule has 2 saturated heterocycles. The van der Waals surface area contributed by atoms with Crippen molar-refractivity contribution < 1.29 is 9.90 Å². The second-order valence-corrected chi connectivity index (χ2v) is 8.55. The summed E-state index contributed by atoms with van der Waals surface area (Å²) in [5, 5.41) is 9.13. The van der Waals surface area contributed by atoms with Crippen LogP contribution in [0.1, 0.15) is 48.0 Å². The van der Waals surface area contributed by atoms with E-state index in [0.717, 1.165) is 30.6 Å². The molecule has 5 nitrogen and oxygen atoms in total. The van der Waals surface area contributed by atoms with Gasteiger partial charge in [-0.2, -0.15) is 0 Å². The molecule has 0 aromatic heterocycles. The standard InChI is InChI=1S/C22H35N3O2/c1-23-12-9-21(10-13-23)25-14-7-18(8-15-25)6-11-24(2)17-19-4-3-5-20(16-19)22(26)27/h3-5,16,18,21H,6-15,17H2,1-2H3,(H,26,27). The lowest BCUT2D eigenvalue weighted by Gasteiger charge is -2.41. The summed E-state index contributed by atoms with van der Waals surface area (Å²) < 4.78 is 0. The average molecular weight is 374 g/mol. The molecule has 2 aliphatic rings. The second-order valence-electron chi connectivity index (χ2n) is 8.55. The molecule has 0 radical (unpaired) electrons. The Morgan fingerprint density at radius 2 is 1.85 bits per heavy atom. The summed E-state index contributed by atoms with van der Waals surface area (Å²) >= 11 is 0. The van der Waals surface area contributed by atoms with Gasteiger partial charge in [0.15, 0.2) is 0 Å². The van der Waals surface area contributed by atoms with Crippen molar-refractivity contribution in [2.45, 2.75) is 44.7 Å². The van der Waals surface area contributed by atoms with Gasteiger partial charge in [0.05, 0.1) is 5.56 Å². The Hall–Kier alpha value is -1.43. The van der Waals surface area contributed by atoms with Crippen LogP contribution in [0.5, 0.6) is 0 Å². The van der Waals surface area contributed by atoms with Crippen LogP contribution in [-0.4, -0.2) is 78.6 Å². The first-order chi connectivity index (χ1) is 13.0. The van der Waals surface area contributed by atoms with Gasteiger partial charge in [-0.1, -0.05) is 12.1 Å². The van der Waals surface area contributed by atoms with Gasteiger partial charge < -0.3 is 19.8 Å². The van der Waals surface area contributed by atoms with E-state index in [1.807, 2.05) is 12.1 Å². The lowest BCUT2D eigenvalue weighted by atomic mass is 9.91. The van der Waals surface area contributed by atoms with Crippen LogP contribution in [0.2, 0.25) is 0 Å². The third-order valence-corrected chi connectivity index (χ3v) is 6.40. The topological polar surface area (TPSA) is 47.0 Å². The Labute approximate surface area is 163 Å². The highest BCUT2D eigenvalue weighted by Gasteiger charge is 2.27. The highest BCUT2D eigenvalue weighted by Crippen LogP contribution is 2.25. The molecule has 0 atom stereocenters. The van der Waals surface area contributed by atoms with Gasteiger partial charge in [0.25, 0.3) is 0 Å². The molecule has 150 valence electrons. The van der Waals surface area contributed by atoms with Crippen molar-refractivity contribution in [1.82, 2.24) is 14.7 Å². The fourth-order valence-electron chi connectivity index (χ4n) is 4.56. The lowest BCUT2D eigenvalue weighted by molar-refractivity contribution is 0.0696. The summed E-state index contributed by atoms with van der Waals surface area (Å²) in [5.74, 6) is -0.0174. The first-order valence-electron chi connectivity index (χ1n) is 10.4. The minimum absolute atomic E-state index is 0.377. The Bertz CT molecular complexity index is 605. The van der Waals surface area contributed by atoms with Gasteiger partial charge in [-0.25, -0.2) is 4.79 Å². The van der Waals surface area contributed by atoms with E-state index >= 15 is 0 Å². The molecule has 0 spiro atoms. The van der Waals surface area contributed by atoms with Crippen LogP contribution < -0.4 is 0 Å². The van der Waals surface area contributed by atoms with Crippen molar-refractivity contribution in [2.24, 2.45) is 5.92 Å². The highest BCUT2D eigenvalue weighted by molar-refractivity contribution is 5.87. The first kappa shape index (κ1) is 20.3. The number of nitrogens with zero attached hydrogens (tertiary/aromatic N) is 3. The van der Waals surface area contributed by atoms with Crippen molar-refractivity contribution >= 4 is 5.97 Å². The number of benzene rings is 1. The maximum atomic E-state index is 11.1. The molecule has 0 saturated carbocycles. The summed E-state index contributed by atoms with van der Waals surface area (Å²) in [5.41, 5.74) is 1.46. The van der Waals surface area contributed by atoms with Gasteiger partial charge in [-0.3, -0.25) is 0 Å². The van der Waals surface area contributed by atoms with E-state index < -0.39 is 5.97 Å². The summed E-state index contributed by atoms with van der Waals surface area (Å²) in [7, 11) is 4.37. The van der Waals surface area contributed by atoms with E-state index in [-0.39, 0.29) is 0 Å². The molecular weight excluding hydrogens is 338 g/mol. The molecule has 0 aliphatic carbocycles. The van der Waals surface area contributed by atoms with Crippen molar-refractivity contribution in [3.05, 3.63) is 35.4 Å². The van der Waals surface area contributed by atoms with Gasteiger partial charge in [-0.15, -0.1) is 0 Å². The third kappa shape index (κ3) is 6.03. The Morgan fingerprint density at radius 1 is 1.15 bits per heavy atom. The predicted molar refractivity (Wildman–Crippen MR) is 109 cm³/mol. The highest BCUT2D eigenvalue weighted by atomic mass is 16.4. The minimum Gasteiger partial charge on any atom is -0.478 e. The Kier molecular flexibility index (Phi) is 7.27. The number of hydrogen-bond donors (Lipinski definition) is 1. The van der Waals surface area contributed by atoms with Crippen molar-refractivity contribution in [3.8, 4) is 0 Å². The fourth-order valence-corrected chi connectivity index (χ4v) is 4.56. The largest absolute Gasteiger partial charge is 0.478 e. The molecule has 2 heterocycles. The number of rotatable bonds is 7. The normalized spacial score (nSPS) is 21.0. The van der Waals surface area contributed by atoms with Gasteiger partial charge in [0.1, 0.15) is 0 Å². The van der Waals surface area contributed by atoms with Crippen LogP contribution >= 0.6 is 0 Å². The van der Waals surface area contributed by atoms with Gasteiger partial charge in [-0.05, 0) is 103 Å². The van der Waals surface area contributed by atoms with Crippen LogP contribution in [0.25, 0.3) is 0 Å². The molecular formula is C22H35N3O2. The number of hydrogen-bond acceptors (Lipinski definition) is 4. The SMILES string of the molecule is CN1CCC(N2CCC(CCN(C)Cc3cccc(C(=O)O)c3)CC2)CC1. The zero-order valence-electron chi connectivity index (χ0n) is 16.9. The molecule has 1 aromatic carbocycles.